The van der Waals surface area contributed by atoms with Crippen LogP contribution in [0.25, 0.3) is 10.9 Å². The van der Waals surface area contributed by atoms with Crippen LogP contribution in [0.2, 0.25) is 5.02 Å². The van der Waals surface area contributed by atoms with Gasteiger partial charge in [0.05, 0.1) is 23.1 Å². The van der Waals surface area contributed by atoms with E-state index < -0.39 is 35.0 Å². The number of anilines is 1. The second kappa shape index (κ2) is 11.7. The predicted octanol–water partition coefficient (Wildman–Crippen LogP) is 6.38. The molecule has 1 fully saturated rings. The summed E-state index contributed by atoms with van der Waals surface area (Å²) in [7, 11) is 1.51. The Labute approximate surface area is 222 Å². The summed E-state index contributed by atoms with van der Waals surface area (Å²) in [5, 5.41) is 13.6. The van der Waals surface area contributed by atoms with Gasteiger partial charge in [-0.2, -0.15) is 0 Å². The molecule has 3 aromatic rings. The Morgan fingerprint density at radius 1 is 1.21 bits per heavy atom. The quantitative estimate of drug-likeness (QED) is 0.224. The average molecular weight is 554 g/mol. The number of carboxylic acids is 1. The number of methoxy groups -OCH3 is 1. The molecule has 204 valence electrons. The molecule has 1 aromatic heterocycles. The second-order valence-electron chi connectivity index (χ2n) is 9.52. The first-order valence-electron chi connectivity index (χ1n) is 12.2. The molecule has 1 aliphatic heterocycles. The number of hydrogen-bond acceptors (Lipinski definition) is 5. The molecule has 4 rings (SSSR count). The van der Waals surface area contributed by atoms with Crippen LogP contribution in [0.5, 0.6) is 5.75 Å². The van der Waals surface area contributed by atoms with Gasteiger partial charge in [-0.15, -0.1) is 0 Å². The molecule has 1 saturated heterocycles. The molecule has 0 spiro atoms. The number of benzene rings is 2. The summed E-state index contributed by atoms with van der Waals surface area (Å²) in [6.45, 7) is 1.75. The Morgan fingerprint density at radius 3 is 2.53 bits per heavy atom. The van der Waals surface area contributed by atoms with Gasteiger partial charge in [0, 0.05) is 48.1 Å². The molecule has 11 heteroatoms. The van der Waals surface area contributed by atoms with Gasteiger partial charge in [-0.1, -0.05) is 11.6 Å². The summed E-state index contributed by atoms with van der Waals surface area (Å²) in [6, 6.07) is 6.87. The lowest BCUT2D eigenvalue weighted by Crippen LogP contribution is -2.45. The van der Waals surface area contributed by atoms with Crippen LogP contribution in [0.3, 0.4) is 0 Å². The van der Waals surface area contributed by atoms with E-state index in [-0.39, 0.29) is 29.1 Å². The predicted molar refractivity (Wildman–Crippen MR) is 137 cm³/mol. The fraction of sp³-hybridized carbons (Fsp3) is 0.407. The lowest BCUT2D eigenvalue weighted by molar-refractivity contribution is -0.153. The van der Waals surface area contributed by atoms with Crippen LogP contribution >= 0.6 is 11.6 Å². The van der Waals surface area contributed by atoms with E-state index in [1.165, 1.54) is 13.3 Å². The normalized spacial score (nSPS) is 16.4. The fourth-order valence-electron chi connectivity index (χ4n) is 4.95. The van der Waals surface area contributed by atoms with Crippen LogP contribution in [0.4, 0.5) is 23.2 Å². The van der Waals surface area contributed by atoms with Gasteiger partial charge in [0.25, 0.3) is 0 Å². The number of alkyl halides is 1. The molecule has 0 aliphatic carbocycles. The Morgan fingerprint density at radius 2 is 1.89 bits per heavy atom. The number of halogens is 5. The van der Waals surface area contributed by atoms with E-state index in [0.717, 1.165) is 12.1 Å². The fourth-order valence-corrected chi connectivity index (χ4v) is 5.22. The highest BCUT2D eigenvalue weighted by Crippen LogP contribution is 2.42. The minimum atomic E-state index is -1.52. The summed E-state index contributed by atoms with van der Waals surface area (Å²) in [5.41, 5.74) is -0.126. The van der Waals surface area contributed by atoms with Crippen LogP contribution in [0.15, 0.2) is 36.5 Å². The maximum Gasteiger partial charge on any atom is 0.309 e. The zero-order valence-corrected chi connectivity index (χ0v) is 21.5. The molecule has 0 bridgehead atoms. The third-order valence-corrected chi connectivity index (χ3v) is 7.57. The van der Waals surface area contributed by atoms with E-state index in [1.807, 2.05) is 4.90 Å². The summed E-state index contributed by atoms with van der Waals surface area (Å²) < 4.78 is 60.7. The number of aliphatic carboxylic acids is 1. The van der Waals surface area contributed by atoms with Crippen molar-refractivity contribution >= 4 is 34.2 Å². The third-order valence-electron chi connectivity index (χ3n) is 7.27. The number of ether oxygens (including phenoxy) is 1. The number of carboxylic acid groups (broad SMARTS) is 1. The maximum absolute atomic E-state index is 15.6. The smallest absolute Gasteiger partial charge is 0.309 e. The minimum absolute atomic E-state index is 0.0222. The number of carbonyl (C=O) groups is 1. The van der Waals surface area contributed by atoms with Gasteiger partial charge in [0.1, 0.15) is 11.9 Å². The summed E-state index contributed by atoms with van der Waals surface area (Å²) in [6.07, 6.45) is 0.669. The minimum Gasteiger partial charge on any atom is -0.497 e. The number of pyridine rings is 1. The monoisotopic (exact) mass is 553 g/mol. The molecule has 2 aromatic carbocycles. The topological polar surface area (TPSA) is 74.7 Å². The van der Waals surface area contributed by atoms with Gasteiger partial charge in [-0.3, -0.25) is 9.78 Å². The highest BCUT2D eigenvalue weighted by molar-refractivity contribution is 6.32. The number of nitrogens with one attached hydrogen (secondary N) is 1. The first-order chi connectivity index (χ1) is 18.1. The number of hydrogen-bond donors (Lipinski definition) is 2. The van der Waals surface area contributed by atoms with E-state index in [9.17, 15) is 23.1 Å². The number of likely N-dealkylation sites (tertiary alicyclic amines) is 1. The molecule has 1 aliphatic rings. The molecule has 0 unspecified atom stereocenters. The van der Waals surface area contributed by atoms with Crippen molar-refractivity contribution in [3.63, 3.8) is 0 Å². The summed E-state index contributed by atoms with van der Waals surface area (Å²) in [4.78, 5) is 18.5. The highest BCUT2D eigenvalue weighted by Gasteiger charge is 2.41. The molecule has 2 N–H and O–H groups in total. The standard InChI is InChI=1S/C27H28ClF4N3O3/c1-38-17-2-3-23-18(14-17)24(19(28)15-34-23)20(29)4-5-27(26(36)37)6-9-35(10-7-27)11-8-33-16-12-21(30)25(32)22(31)13-16/h2-3,12-15,20,33H,4-11H2,1H3,(H,36,37)/t20-/m0/s1. The molecular formula is C27H28ClF4N3O3. The second-order valence-corrected chi connectivity index (χ2v) is 9.92. The SMILES string of the molecule is COc1ccc2ncc(Cl)c([C@@H](F)CCC3(C(=O)O)CCN(CCNc4cc(F)c(F)c(F)c4)CC3)c2c1. The van der Waals surface area contributed by atoms with E-state index in [4.69, 9.17) is 16.3 Å². The van der Waals surface area contributed by atoms with Gasteiger partial charge >= 0.3 is 5.97 Å². The van der Waals surface area contributed by atoms with E-state index in [0.29, 0.717) is 55.7 Å². The number of fused-ring (bicyclic) bond motifs is 1. The molecule has 38 heavy (non-hydrogen) atoms. The van der Waals surface area contributed by atoms with Crippen molar-refractivity contribution in [3.05, 3.63) is 64.6 Å². The average Bonchev–Trinajstić information content (AvgIpc) is 2.90. The zero-order valence-electron chi connectivity index (χ0n) is 20.7. The number of piperidine rings is 1. The van der Waals surface area contributed by atoms with Crippen molar-refractivity contribution in [2.45, 2.75) is 31.9 Å². The van der Waals surface area contributed by atoms with Crippen molar-refractivity contribution in [3.8, 4) is 5.75 Å². The molecule has 0 saturated carbocycles. The molecule has 0 amide bonds. The van der Waals surface area contributed by atoms with Gasteiger partial charge in [0.15, 0.2) is 17.5 Å². The van der Waals surface area contributed by atoms with Crippen LogP contribution in [-0.4, -0.2) is 54.2 Å². The lowest BCUT2D eigenvalue weighted by atomic mass is 9.74. The first-order valence-corrected chi connectivity index (χ1v) is 12.6. The van der Waals surface area contributed by atoms with Gasteiger partial charge in [-0.05, 0) is 57.0 Å². The van der Waals surface area contributed by atoms with Crippen molar-refractivity contribution in [2.24, 2.45) is 5.41 Å². The lowest BCUT2D eigenvalue weighted by Gasteiger charge is -2.39. The van der Waals surface area contributed by atoms with Crippen molar-refractivity contribution in [1.29, 1.82) is 0 Å². The largest absolute Gasteiger partial charge is 0.497 e. The third kappa shape index (κ3) is 5.96. The number of aromatic nitrogens is 1. The van der Waals surface area contributed by atoms with E-state index in [1.54, 1.807) is 18.2 Å². The molecule has 1 atom stereocenters. The van der Waals surface area contributed by atoms with Crippen LogP contribution < -0.4 is 10.1 Å². The van der Waals surface area contributed by atoms with Crippen LogP contribution in [-0.2, 0) is 4.79 Å². The Hall–Kier alpha value is -3.11. The Balaban J connectivity index is 1.36. The van der Waals surface area contributed by atoms with Crippen molar-refractivity contribution < 1.29 is 32.2 Å². The molecule has 2 heterocycles. The van der Waals surface area contributed by atoms with Crippen molar-refractivity contribution in [1.82, 2.24) is 9.88 Å². The zero-order chi connectivity index (χ0) is 27.4. The van der Waals surface area contributed by atoms with Crippen LogP contribution in [0, 0.1) is 22.9 Å². The van der Waals surface area contributed by atoms with Gasteiger partial charge in [-0.25, -0.2) is 17.6 Å². The number of nitrogens with zero attached hydrogens (tertiary/aromatic N) is 2. The molecular weight excluding hydrogens is 526 g/mol. The highest BCUT2D eigenvalue weighted by atomic mass is 35.5. The maximum atomic E-state index is 15.6. The number of rotatable bonds is 10. The Bertz CT molecular complexity index is 1300. The van der Waals surface area contributed by atoms with E-state index >= 15 is 4.39 Å². The van der Waals surface area contributed by atoms with Gasteiger partial charge in [0.2, 0.25) is 0 Å². The van der Waals surface area contributed by atoms with Crippen molar-refractivity contribution in [2.75, 3.05) is 38.6 Å². The summed E-state index contributed by atoms with van der Waals surface area (Å²) in [5.74, 6) is -4.50. The van der Waals surface area contributed by atoms with Gasteiger partial charge < -0.3 is 20.1 Å². The van der Waals surface area contributed by atoms with Crippen LogP contribution in [0.1, 0.15) is 37.4 Å². The van der Waals surface area contributed by atoms with E-state index in [2.05, 4.69) is 10.3 Å². The molecule has 0 radical (unpaired) electrons. The Kier molecular flexibility index (Phi) is 8.62. The first kappa shape index (κ1) is 27.9. The summed E-state index contributed by atoms with van der Waals surface area (Å²) >= 11 is 6.32. The molecule has 6 nitrogen and oxygen atoms in total.